The zero-order valence-electron chi connectivity index (χ0n) is 21.0. The summed E-state index contributed by atoms with van der Waals surface area (Å²) in [6.07, 6.45) is 0. The van der Waals surface area contributed by atoms with Crippen LogP contribution < -0.4 is 10.6 Å². The molecule has 0 spiro atoms. The van der Waals surface area contributed by atoms with Gasteiger partial charge in [-0.2, -0.15) is 11.3 Å². The zero-order chi connectivity index (χ0) is 25.0. The molecule has 3 rings (SSSR count). The van der Waals surface area contributed by atoms with Crippen molar-refractivity contribution >= 4 is 29.4 Å². The highest BCUT2D eigenvalue weighted by atomic mass is 32.1. The first-order valence-electron chi connectivity index (χ1n) is 11.9. The molecule has 2 aliphatic heterocycles. The number of carbonyl (C=O) groups excluding carboxylic acids is 3. The molecule has 2 atom stereocenters. The van der Waals surface area contributed by atoms with Crippen LogP contribution in [-0.2, 0) is 9.53 Å². The Morgan fingerprint density at radius 1 is 1.26 bits per heavy atom. The summed E-state index contributed by atoms with van der Waals surface area (Å²) in [4.78, 5) is 44.5. The number of likely N-dealkylation sites (N-methyl/N-ethyl adjacent to an activating group) is 1. The number of piperazine rings is 1. The van der Waals surface area contributed by atoms with Gasteiger partial charge >= 0.3 is 18.0 Å². The van der Waals surface area contributed by atoms with Crippen molar-refractivity contribution in [2.45, 2.75) is 59.2 Å². The molecule has 2 N–H and O–H groups in total. The molecule has 34 heavy (non-hydrogen) atoms. The number of urea groups is 2. The summed E-state index contributed by atoms with van der Waals surface area (Å²) in [5, 5.41) is 9.89. The molecule has 188 valence electrons. The van der Waals surface area contributed by atoms with E-state index in [0.29, 0.717) is 44.0 Å². The van der Waals surface area contributed by atoms with Gasteiger partial charge in [0.1, 0.15) is 0 Å². The van der Waals surface area contributed by atoms with E-state index < -0.39 is 12.0 Å². The van der Waals surface area contributed by atoms with Crippen molar-refractivity contribution in [1.82, 2.24) is 25.3 Å². The van der Waals surface area contributed by atoms with Crippen molar-refractivity contribution in [2.75, 3.05) is 39.3 Å². The van der Waals surface area contributed by atoms with Crippen LogP contribution in [0.1, 0.15) is 53.1 Å². The fourth-order valence-electron chi connectivity index (χ4n) is 4.43. The minimum atomic E-state index is -0.549. The second-order valence-electron chi connectivity index (χ2n) is 9.72. The number of ether oxygens (including phenoxy) is 1. The average molecular weight is 492 g/mol. The lowest BCUT2D eigenvalue weighted by Crippen LogP contribution is -2.59. The van der Waals surface area contributed by atoms with Crippen LogP contribution in [0, 0.1) is 0 Å². The third kappa shape index (κ3) is 5.90. The van der Waals surface area contributed by atoms with E-state index in [0.717, 1.165) is 5.56 Å². The van der Waals surface area contributed by atoms with Gasteiger partial charge in [0.05, 0.1) is 18.2 Å². The van der Waals surface area contributed by atoms with Gasteiger partial charge in [-0.05, 0) is 63.9 Å². The molecule has 4 amide bonds. The number of amides is 4. The standard InChI is InChI=1S/C24H37N5O4S/c1-7-28-18(14-27-10-11-29(16(3)13-27)23(32)26-24(4,5)6)19(21(30)33-8-2)20(25-22(28)31)17-9-12-34-15-17/h9,12,15-16,20H,7-8,10-11,13-14H2,1-6H3,(H,25,31)(H,26,32)/t16-,20+/m0/s1. The largest absolute Gasteiger partial charge is 0.463 e. The molecule has 1 saturated heterocycles. The maximum Gasteiger partial charge on any atom is 0.338 e. The highest BCUT2D eigenvalue weighted by Crippen LogP contribution is 2.33. The van der Waals surface area contributed by atoms with Crippen LogP contribution in [0.2, 0.25) is 0 Å². The van der Waals surface area contributed by atoms with E-state index in [-0.39, 0.29) is 30.2 Å². The molecule has 0 aliphatic carbocycles. The van der Waals surface area contributed by atoms with Crippen molar-refractivity contribution in [3.63, 3.8) is 0 Å². The van der Waals surface area contributed by atoms with Crippen molar-refractivity contribution in [3.05, 3.63) is 33.7 Å². The van der Waals surface area contributed by atoms with Gasteiger partial charge in [0.15, 0.2) is 0 Å². The number of thiophene rings is 1. The molecular formula is C24H37N5O4S. The van der Waals surface area contributed by atoms with E-state index in [4.69, 9.17) is 4.74 Å². The molecule has 1 aromatic rings. The minimum Gasteiger partial charge on any atom is -0.463 e. The Morgan fingerprint density at radius 3 is 2.56 bits per heavy atom. The summed E-state index contributed by atoms with van der Waals surface area (Å²) in [5.74, 6) is -0.414. The first-order chi connectivity index (χ1) is 16.1. The molecule has 0 aromatic carbocycles. The van der Waals surface area contributed by atoms with Crippen molar-refractivity contribution in [3.8, 4) is 0 Å². The predicted octanol–water partition coefficient (Wildman–Crippen LogP) is 3.17. The van der Waals surface area contributed by atoms with Crippen LogP contribution in [0.25, 0.3) is 0 Å². The Hall–Kier alpha value is -2.59. The summed E-state index contributed by atoms with van der Waals surface area (Å²) in [6.45, 7) is 14.6. The molecule has 0 saturated carbocycles. The molecular weight excluding hydrogens is 454 g/mol. The van der Waals surface area contributed by atoms with Gasteiger partial charge in [-0.3, -0.25) is 9.80 Å². The van der Waals surface area contributed by atoms with Crippen LogP contribution >= 0.6 is 11.3 Å². The van der Waals surface area contributed by atoms with Gasteiger partial charge < -0.3 is 20.3 Å². The normalized spacial score (nSPS) is 22.0. The SMILES string of the molecule is CCOC(=O)C1=C(CN2CCN(C(=O)NC(C)(C)C)[C@@H](C)C2)N(CC)C(=O)N[C@@H]1c1ccsc1. The van der Waals surface area contributed by atoms with Crippen LogP contribution in [0.3, 0.4) is 0 Å². The van der Waals surface area contributed by atoms with E-state index in [2.05, 4.69) is 15.5 Å². The smallest absolute Gasteiger partial charge is 0.338 e. The second kappa shape index (κ2) is 10.8. The molecule has 10 heteroatoms. The molecule has 2 aliphatic rings. The van der Waals surface area contributed by atoms with E-state index in [1.807, 2.05) is 56.3 Å². The van der Waals surface area contributed by atoms with Gasteiger partial charge in [0, 0.05) is 50.0 Å². The first-order valence-corrected chi connectivity index (χ1v) is 12.8. The van der Waals surface area contributed by atoms with Crippen LogP contribution in [-0.4, -0.2) is 83.6 Å². The highest BCUT2D eigenvalue weighted by Gasteiger charge is 2.39. The van der Waals surface area contributed by atoms with Gasteiger partial charge in [0.2, 0.25) is 0 Å². The van der Waals surface area contributed by atoms with E-state index >= 15 is 0 Å². The quantitative estimate of drug-likeness (QED) is 0.596. The first kappa shape index (κ1) is 26.0. The number of carbonyl (C=O) groups is 3. The third-order valence-corrected chi connectivity index (χ3v) is 6.66. The lowest BCUT2D eigenvalue weighted by molar-refractivity contribution is -0.139. The van der Waals surface area contributed by atoms with Gasteiger partial charge in [0.25, 0.3) is 0 Å². The summed E-state index contributed by atoms with van der Waals surface area (Å²) in [7, 11) is 0. The third-order valence-electron chi connectivity index (χ3n) is 5.95. The summed E-state index contributed by atoms with van der Waals surface area (Å²) >= 11 is 1.52. The van der Waals surface area contributed by atoms with Crippen molar-refractivity contribution in [1.29, 1.82) is 0 Å². The maximum absolute atomic E-state index is 13.1. The Labute approximate surface area is 206 Å². The predicted molar refractivity (Wildman–Crippen MR) is 133 cm³/mol. The van der Waals surface area contributed by atoms with Gasteiger partial charge in [-0.15, -0.1) is 0 Å². The monoisotopic (exact) mass is 491 g/mol. The fourth-order valence-corrected chi connectivity index (χ4v) is 5.12. The van der Waals surface area contributed by atoms with E-state index in [1.54, 1.807) is 11.8 Å². The average Bonchev–Trinajstić information content (AvgIpc) is 3.27. The summed E-state index contributed by atoms with van der Waals surface area (Å²) in [6, 6.07) is 1.06. The van der Waals surface area contributed by atoms with Crippen LogP contribution in [0.15, 0.2) is 28.1 Å². The number of hydrogen-bond donors (Lipinski definition) is 2. The number of rotatable bonds is 6. The van der Waals surface area contributed by atoms with E-state index in [1.165, 1.54) is 11.3 Å². The molecule has 1 fully saturated rings. The van der Waals surface area contributed by atoms with E-state index in [9.17, 15) is 14.4 Å². The minimum absolute atomic E-state index is 0.0112. The van der Waals surface area contributed by atoms with Crippen molar-refractivity contribution < 1.29 is 19.1 Å². The fraction of sp³-hybridized carbons (Fsp3) is 0.625. The number of esters is 1. The summed E-state index contributed by atoms with van der Waals surface area (Å²) < 4.78 is 5.42. The highest BCUT2D eigenvalue weighted by molar-refractivity contribution is 7.08. The lowest BCUT2D eigenvalue weighted by atomic mass is 9.96. The number of nitrogens with one attached hydrogen (secondary N) is 2. The molecule has 3 heterocycles. The van der Waals surface area contributed by atoms with Gasteiger partial charge in [-0.1, -0.05) is 0 Å². The maximum atomic E-state index is 13.1. The van der Waals surface area contributed by atoms with Gasteiger partial charge in [-0.25, -0.2) is 14.4 Å². The summed E-state index contributed by atoms with van der Waals surface area (Å²) in [5.41, 5.74) is 1.70. The van der Waals surface area contributed by atoms with Crippen molar-refractivity contribution in [2.24, 2.45) is 0 Å². The molecule has 0 bridgehead atoms. The lowest BCUT2D eigenvalue weighted by Gasteiger charge is -2.43. The number of nitrogens with zero attached hydrogens (tertiary/aromatic N) is 3. The molecule has 9 nitrogen and oxygen atoms in total. The molecule has 0 unspecified atom stereocenters. The van der Waals surface area contributed by atoms with Crippen LogP contribution in [0.4, 0.5) is 9.59 Å². The topological polar surface area (TPSA) is 94.2 Å². The van der Waals surface area contributed by atoms with Crippen LogP contribution in [0.5, 0.6) is 0 Å². The Morgan fingerprint density at radius 2 is 2.00 bits per heavy atom. The zero-order valence-corrected chi connectivity index (χ0v) is 21.8. The Bertz CT molecular complexity index is 924. The Balaban J connectivity index is 1.88. The molecule has 0 radical (unpaired) electrons. The molecule has 1 aromatic heterocycles. The Kier molecular flexibility index (Phi) is 8.25. The second-order valence-corrected chi connectivity index (χ2v) is 10.5. The number of hydrogen-bond acceptors (Lipinski definition) is 6.